The summed E-state index contributed by atoms with van der Waals surface area (Å²) < 4.78 is 36.7. The Kier molecular flexibility index (Phi) is 7.42. The van der Waals surface area contributed by atoms with Gasteiger partial charge in [0.05, 0.1) is 18.6 Å². The van der Waals surface area contributed by atoms with Gasteiger partial charge in [-0.2, -0.15) is 8.42 Å². The number of hydrogen-bond acceptors (Lipinski definition) is 4. The standard InChI is InChI=1S/C27H32O4S/c1-20-13-15-23(32(28,29)31-17-9-12-21-10-7-6-8-11-21)19-24(20)25-18-22(27(2,3)4)14-16-26(25)30-5/h6-8,10-11,13-16,18-19H,9,12,17H2,1-5H3. The van der Waals surface area contributed by atoms with Crippen molar-refractivity contribution in [1.29, 1.82) is 0 Å². The molecular weight excluding hydrogens is 420 g/mol. The molecule has 0 N–H and O–H groups in total. The summed E-state index contributed by atoms with van der Waals surface area (Å²) in [6.07, 6.45) is 1.40. The van der Waals surface area contributed by atoms with Gasteiger partial charge in [-0.05, 0) is 71.7 Å². The second-order valence-electron chi connectivity index (χ2n) is 9.01. The van der Waals surface area contributed by atoms with Crippen LogP contribution in [0, 0.1) is 6.92 Å². The molecule has 32 heavy (non-hydrogen) atoms. The van der Waals surface area contributed by atoms with Crippen LogP contribution in [-0.2, 0) is 26.1 Å². The maximum Gasteiger partial charge on any atom is 0.296 e. The molecule has 0 unspecified atom stereocenters. The van der Waals surface area contributed by atoms with Crippen molar-refractivity contribution in [3.63, 3.8) is 0 Å². The lowest BCUT2D eigenvalue weighted by Gasteiger charge is -2.22. The first-order valence-electron chi connectivity index (χ1n) is 10.8. The van der Waals surface area contributed by atoms with Gasteiger partial charge in [-0.15, -0.1) is 0 Å². The highest BCUT2D eigenvalue weighted by Gasteiger charge is 2.21. The third kappa shape index (κ3) is 5.78. The minimum absolute atomic E-state index is 0.0412. The maximum atomic E-state index is 12.9. The van der Waals surface area contributed by atoms with Gasteiger partial charge in [0.25, 0.3) is 10.1 Å². The first-order chi connectivity index (χ1) is 15.1. The van der Waals surface area contributed by atoms with Crippen molar-refractivity contribution in [3.8, 4) is 16.9 Å². The Balaban J connectivity index is 1.85. The molecule has 3 aromatic rings. The van der Waals surface area contributed by atoms with Gasteiger partial charge in [-0.25, -0.2) is 0 Å². The van der Waals surface area contributed by atoms with Crippen LogP contribution in [0.1, 0.15) is 43.9 Å². The molecule has 0 aliphatic rings. The van der Waals surface area contributed by atoms with E-state index >= 15 is 0 Å². The van der Waals surface area contributed by atoms with E-state index in [2.05, 4.69) is 26.8 Å². The van der Waals surface area contributed by atoms with Crippen molar-refractivity contribution >= 4 is 10.1 Å². The normalized spacial score (nSPS) is 12.0. The van der Waals surface area contributed by atoms with Gasteiger partial charge < -0.3 is 4.74 Å². The van der Waals surface area contributed by atoms with Gasteiger partial charge in [0.2, 0.25) is 0 Å². The molecular formula is C27H32O4S. The number of methoxy groups -OCH3 is 1. The molecule has 0 saturated carbocycles. The summed E-state index contributed by atoms with van der Waals surface area (Å²) in [5.74, 6) is 0.708. The predicted molar refractivity (Wildman–Crippen MR) is 130 cm³/mol. The van der Waals surface area contributed by atoms with Crippen LogP contribution in [0.2, 0.25) is 0 Å². The molecule has 5 heteroatoms. The van der Waals surface area contributed by atoms with Gasteiger partial charge in [0.1, 0.15) is 5.75 Å². The number of hydrogen-bond donors (Lipinski definition) is 0. The fourth-order valence-electron chi connectivity index (χ4n) is 3.59. The first kappa shape index (κ1) is 24.0. The molecule has 0 aromatic heterocycles. The van der Waals surface area contributed by atoms with Gasteiger partial charge in [-0.1, -0.05) is 63.2 Å². The molecule has 0 amide bonds. The van der Waals surface area contributed by atoms with E-state index < -0.39 is 10.1 Å². The molecule has 4 nitrogen and oxygen atoms in total. The topological polar surface area (TPSA) is 52.6 Å². The Morgan fingerprint density at radius 3 is 2.25 bits per heavy atom. The third-order valence-corrected chi connectivity index (χ3v) is 6.85. The van der Waals surface area contributed by atoms with Crippen LogP contribution < -0.4 is 4.74 Å². The largest absolute Gasteiger partial charge is 0.496 e. The second-order valence-corrected chi connectivity index (χ2v) is 10.6. The number of ether oxygens (including phenoxy) is 1. The maximum absolute atomic E-state index is 12.9. The number of benzene rings is 3. The van der Waals surface area contributed by atoms with Crippen molar-refractivity contribution < 1.29 is 17.3 Å². The Morgan fingerprint density at radius 1 is 0.875 bits per heavy atom. The van der Waals surface area contributed by atoms with E-state index in [0.29, 0.717) is 12.2 Å². The van der Waals surface area contributed by atoms with Crippen LogP contribution in [0.25, 0.3) is 11.1 Å². The zero-order valence-corrected chi connectivity index (χ0v) is 20.3. The van der Waals surface area contributed by atoms with Crippen LogP contribution in [0.5, 0.6) is 5.75 Å². The molecule has 3 aromatic carbocycles. The Hall–Kier alpha value is -2.63. The Bertz CT molecular complexity index is 1160. The predicted octanol–water partition coefficient (Wildman–Crippen LogP) is 6.31. The first-order valence-corrected chi connectivity index (χ1v) is 12.3. The molecule has 0 fully saturated rings. The molecule has 0 heterocycles. The van der Waals surface area contributed by atoms with Crippen molar-refractivity contribution in [2.75, 3.05) is 13.7 Å². The zero-order valence-electron chi connectivity index (χ0n) is 19.5. The average Bonchev–Trinajstić information content (AvgIpc) is 2.76. The number of aryl methyl sites for hydroxylation is 2. The molecule has 0 bridgehead atoms. The summed E-state index contributed by atoms with van der Waals surface area (Å²) in [7, 11) is -2.23. The highest BCUT2D eigenvalue weighted by atomic mass is 32.2. The zero-order chi connectivity index (χ0) is 23.4. The van der Waals surface area contributed by atoms with E-state index in [-0.39, 0.29) is 16.9 Å². The van der Waals surface area contributed by atoms with Crippen molar-refractivity contribution in [2.45, 2.75) is 50.8 Å². The summed E-state index contributed by atoms with van der Waals surface area (Å²) in [5.41, 5.74) is 4.94. The fraction of sp³-hybridized carbons (Fsp3) is 0.333. The van der Waals surface area contributed by atoms with Gasteiger partial charge in [0, 0.05) is 5.56 Å². The molecule has 0 atom stereocenters. The monoisotopic (exact) mass is 452 g/mol. The Morgan fingerprint density at radius 2 is 1.59 bits per heavy atom. The lowest BCUT2D eigenvalue weighted by molar-refractivity contribution is 0.312. The third-order valence-electron chi connectivity index (χ3n) is 5.54. The highest BCUT2D eigenvalue weighted by Crippen LogP contribution is 2.37. The minimum Gasteiger partial charge on any atom is -0.496 e. The van der Waals surface area contributed by atoms with E-state index in [1.54, 1.807) is 19.2 Å². The van der Waals surface area contributed by atoms with E-state index in [0.717, 1.165) is 34.2 Å². The van der Waals surface area contributed by atoms with Crippen LogP contribution in [0.3, 0.4) is 0 Å². The molecule has 0 saturated heterocycles. The minimum atomic E-state index is -3.86. The van der Waals surface area contributed by atoms with E-state index in [9.17, 15) is 8.42 Å². The molecule has 170 valence electrons. The van der Waals surface area contributed by atoms with Crippen molar-refractivity contribution in [3.05, 3.63) is 83.4 Å². The van der Waals surface area contributed by atoms with Crippen LogP contribution in [0.4, 0.5) is 0 Å². The quantitative estimate of drug-likeness (QED) is 0.297. The smallest absolute Gasteiger partial charge is 0.296 e. The van der Waals surface area contributed by atoms with Crippen LogP contribution in [-0.4, -0.2) is 22.1 Å². The molecule has 0 aliphatic carbocycles. The van der Waals surface area contributed by atoms with Crippen molar-refractivity contribution in [1.82, 2.24) is 0 Å². The summed E-state index contributed by atoms with van der Waals surface area (Å²) in [6.45, 7) is 8.56. The fourth-order valence-corrected chi connectivity index (χ4v) is 4.56. The SMILES string of the molecule is COc1ccc(C(C)(C)C)cc1-c1cc(S(=O)(=O)OCCCc2ccccc2)ccc1C. The van der Waals surface area contributed by atoms with Gasteiger partial charge in [0.15, 0.2) is 0 Å². The lowest BCUT2D eigenvalue weighted by Crippen LogP contribution is -2.11. The lowest BCUT2D eigenvalue weighted by atomic mass is 9.84. The van der Waals surface area contributed by atoms with Crippen molar-refractivity contribution in [2.24, 2.45) is 0 Å². The van der Waals surface area contributed by atoms with Crippen LogP contribution >= 0.6 is 0 Å². The summed E-state index contributed by atoms with van der Waals surface area (Å²) in [6, 6.07) is 21.2. The second kappa shape index (κ2) is 9.88. The summed E-state index contributed by atoms with van der Waals surface area (Å²) in [5, 5.41) is 0. The van der Waals surface area contributed by atoms with Crippen LogP contribution in [0.15, 0.2) is 71.6 Å². The highest BCUT2D eigenvalue weighted by molar-refractivity contribution is 7.86. The Labute approximate surface area is 192 Å². The van der Waals surface area contributed by atoms with Gasteiger partial charge in [-0.3, -0.25) is 4.18 Å². The molecule has 3 rings (SSSR count). The molecule has 0 spiro atoms. The number of rotatable bonds is 8. The summed E-state index contributed by atoms with van der Waals surface area (Å²) >= 11 is 0. The van der Waals surface area contributed by atoms with Gasteiger partial charge >= 0.3 is 0 Å². The van der Waals surface area contributed by atoms with E-state index in [1.807, 2.05) is 55.5 Å². The average molecular weight is 453 g/mol. The van der Waals surface area contributed by atoms with E-state index in [1.165, 1.54) is 0 Å². The van der Waals surface area contributed by atoms with E-state index in [4.69, 9.17) is 8.92 Å². The summed E-state index contributed by atoms with van der Waals surface area (Å²) in [4.78, 5) is 0.154. The molecule has 0 radical (unpaired) electrons. The molecule has 0 aliphatic heterocycles.